The third-order valence-corrected chi connectivity index (χ3v) is 3.71. The molecule has 0 unspecified atom stereocenters. The number of pyridine rings is 1. The third kappa shape index (κ3) is 2.47. The summed E-state index contributed by atoms with van der Waals surface area (Å²) in [6.07, 6.45) is 5.82. The van der Waals surface area contributed by atoms with Crippen LogP contribution in [0.2, 0.25) is 0 Å². The van der Waals surface area contributed by atoms with E-state index in [1.165, 1.54) is 0 Å². The SMILES string of the molecule is N#CCn1ccc(-c2ccc(-c3cn4ccccc4n3)cc2)n1. The second-order valence-electron chi connectivity index (χ2n) is 5.23. The van der Waals surface area contributed by atoms with Crippen molar-refractivity contribution in [2.75, 3.05) is 0 Å². The lowest BCUT2D eigenvalue weighted by Crippen LogP contribution is -1.95. The number of benzene rings is 1. The summed E-state index contributed by atoms with van der Waals surface area (Å²) in [5.41, 5.74) is 4.82. The van der Waals surface area contributed by atoms with E-state index in [0.717, 1.165) is 28.2 Å². The molecule has 0 fully saturated rings. The smallest absolute Gasteiger partial charge is 0.137 e. The molecular formula is C18H13N5. The molecule has 0 spiro atoms. The number of hydrogen-bond acceptors (Lipinski definition) is 3. The van der Waals surface area contributed by atoms with E-state index in [4.69, 9.17) is 5.26 Å². The van der Waals surface area contributed by atoms with Gasteiger partial charge in [0.25, 0.3) is 0 Å². The zero-order valence-electron chi connectivity index (χ0n) is 12.3. The molecule has 0 saturated heterocycles. The van der Waals surface area contributed by atoms with Crippen molar-refractivity contribution in [1.82, 2.24) is 19.2 Å². The first-order chi connectivity index (χ1) is 11.3. The van der Waals surface area contributed by atoms with Crippen LogP contribution in [0.1, 0.15) is 0 Å². The number of aromatic nitrogens is 4. The van der Waals surface area contributed by atoms with E-state index < -0.39 is 0 Å². The number of hydrogen-bond donors (Lipinski definition) is 0. The molecule has 110 valence electrons. The molecule has 0 aliphatic heterocycles. The highest BCUT2D eigenvalue weighted by Crippen LogP contribution is 2.23. The van der Waals surface area contributed by atoms with E-state index >= 15 is 0 Å². The second kappa shape index (κ2) is 5.43. The van der Waals surface area contributed by atoms with Crippen LogP contribution < -0.4 is 0 Å². The Morgan fingerprint density at radius 3 is 2.43 bits per heavy atom. The Morgan fingerprint density at radius 2 is 1.70 bits per heavy atom. The lowest BCUT2D eigenvalue weighted by Gasteiger charge is -1.99. The summed E-state index contributed by atoms with van der Waals surface area (Å²) >= 11 is 0. The van der Waals surface area contributed by atoms with Gasteiger partial charge in [-0.3, -0.25) is 4.68 Å². The van der Waals surface area contributed by atoms with Gasteiger partial charge in [-0.25, -0.2) is 4.98 Å². The van der Waals surface area contributed by atoms with Gasteiger partial charge in [-0.05, 0) is 18.2 Å². The fraction of sp³-hybridized carbons (Fsp3) is 0.0556. The maximum absolute atomic E-state index is 8.70. The lowest BCUT2D eigenvalue weighted by molar-refractivity contribution is 0.712. The summed E-state index contributed by atoms with van der Waals surface area (Å²) in [5.74, 6) is 0. The standard InChI is InChI=1S/C18H13N5/c19-9-12-23-11-8-16(21-23)14-4-6-15(7-5-14)17-13-22-10-2-1-3-18(22)20-17/h1-8,10-11,13H,12H2. The molecule has 4 rings (SSSR count). The third-order valence-electron chi connectivity index (χ3n) is 3.71. The number of nitrogens with zero attached hydrogens (tertiary/aromatic N) is 5. The number of nitriles is 1. The van der Waals surface area contributed by atoms with Gasteiger partial charge < -0.3 is 4.40 Å². The molecule has 0 N–H and O–H groups in total. The van der Waals surface area contributed by atoms with E-state index in [-0.39, 0.29) is 6.54 Å². The molecule has 4 aromatic rings. The first-order valence-corrected chi connectivity index (χ1v) is 7.28. The molecule has 0 aliphatic carbocycles. The first-order valence-electron chi connectivity index (χ1n) is 7.28. The number of rotatable bonds is 3. The van der Waals surface area contributed by atoms with Crippen LogP contribution in [0.25, 0.3) is 28.2 Å². The normalized spacial score (nSPS) is 10.7. The summed E-state index contributed by atoms with van der Waals surface area (Å²) in [6.45, 7) is 0.263. The van der Waals surface area contributed by atoms with E-state index in [1.54, 1.807) is 4.68 Å². The van der Waals surface area contributed by atoms with Gasteiger partial charge in [-0.2, -0.15) is 10.4 Å². The minimum atomic E-state index is 0.263. The van der Waals surface area contributed by atoms with Crippen molar-refractivity contribution in [3.63, 3.8) is 0 Å². The van der Waals surface area contributed by atoms with Gasteiger partial charge in [0.2, 0.25) is 0 Å². The fourth-order valence-electron chi connectivity index (χ4n) is 2.56. The van der Waals surface area contributed by atoms with Crippen LogP contribution in [0.4, 0.5) is 0 Å². The van der Waals surface area contributed by atoms with Gasteiger partial charge in [-0.1, -0.05) is 30.3 Å². The molecule has 3 heterocycles. The van der Waals surface area contributed by atoms with Crippen LogP contribution >= 0.6 is 0 Å². The first kappa shape index (κ1) is 13.3. The van der Waals surface area contributed by atoms with Crippen LogP contribution in [-0.2, 0) is 6.54 Å². The highest BCUT2D eigenvalue weighted by Gasteiger charge is 2.06. The van der Waals surface area contributed by atoms with Crippen molar-refractivity contribution in [3.05, 3.63) is 67.1 Å². The van der Waals surface area contributed by atoms with Gasteiger partial charge in [0.15, 0.2) is 0 Å². The van der Waals surface area contributed by atoms with Crippen molar-refractivity contribution in [1.29, 1.82) is 5.26 Å². The predicted molar refractivity (Wildman–Crippen MR) is 87.5 cm³/mol. The van der Waals surface area contributed by atoms with Gasteiger partial charge in [0, 0.05) is 29.7 Å². The Labute approximate surface area is 133 Å². The predicted octanol–water partition coefficient (Wildman–Crippen LogP) is 3.39. The number of imidazole rings is 1. The monoisotopic (exact) mass is 299 g/mol. The van der Waals surface area contributed by atoms with E-state index in [1.807, 2.05) is 71.5 Å². The van der Waals surface area contributed by atoms with Crippen molar-refractivity contribution in [3.8, 4) is 28.6 Å². The Hall–Kier alpha value is -3.39. The molecular weight excluding hydrogens is 286 g/mol. The fourth-order valence-corrected chi connectivity index (χ4v) is 2.56. The average molecular weight is 299 g/mol. The minimum Gasteiger partial charge on any atom is -0.306 e. The van der Waals surface area contributed by atoms with Crippen molar-refractivity contribution in [2.45, 2.75) is 6.54 Å². The number of fused-ring (bicyclic) bond motifs is 1. The van der Waals surface area contributed by atoms with E-state index in [2.05, 4.69) is 16.2 Å². The molecule has 1 aromatic carbocycles. The van der Waals surface area contributed by atoms with Crippen molar-refractivity contribution in [2.24, 2.45) is 0 Å². The molecule has 0 radical (unpaired) electrons. The van der Waals surface area contributed by atoms with Gasteiger partial charge in [0.05, 0.1) is 17.5 Å². The Kier molecular flexibility index (Phi) is 3.13. The molecule has 0 bridgehead atoms. The minimum absolute atomic E-state index is 0.263. The van der Waals surface area contributed by atoms with E-state index in [9.17, 15) is 0 Å². The van der Waals surface area contributed by atoms with Gasteiger partial charge in [-0.15, -0.1) is 0 Å². The molecule has 0 atom stereocenters. The second-order valence-corrected chi connectivity index (χ2v) is 5.23. The Balaban J connectivity index is 1.65. The van der Waals surface area contributed by atoms with Crippen molar-refractivity contribution < 1.29 is 0 Å². The molecule has 5 nitrogen and oxygen atoms in total. The van der Waals surface area contributed by atoms with Gasteiger partial charge >= 0.3 is 0 Å². The summed E-state index contributed by atoms with van der Waals surface area (Å²) in [7, 11) is 0. The van der Waals surface area contributed by atoms with Crippen LogP contribution in [0, 0.1) is 11.3 Å². The Morgan fingerprint density at radius 1 is 0.913 bits per heavy atom. The summed E-state index contributed by atoms with van der Waals surface area (Å²) < 4.78 is 3.64. The summed E-state index contributed by atoms with van der Waals surface area (Å²) in [4.78, 5) is 4.62. The van der Waals surface area contributed by atoms with Crippen molar-refractivity contribution >= 4 is 5.65 Å². The molecule has 23 heavy (non-hydrogen) atoms. The topological polar surface area (TPSA) is 58.9 Å². The summed E-state index contributed by atoms with van der Waals surface area (Å²) in [5, 5.41) is 13.1. The van der Waals surface area contributed by atoms with E-state index in [0.29, 0.717) is 0 Å². The lowest BCUT2D eigenvalue weighted by atomic mass is 10.1. The Bertz CT molecular complexity index is 969. The quantitative estimate of drug-likeness (QED) is 0.582. The molecule has 3 aromatic heterocycles. The average Bonchev–Trinajstić information content (AvgIpc) is 3.22. The zero-order valence-corrected chi connectivity index (χ0v) is 12.3. The highest BCUT2D eigenvalue weighted by molar-refractivity contribution is 5.67. The summed E-state index contributed by atoms with van der Waals surface area (Å²) in [6, 6.07) is 18.1. The van der Waals surface area contributed by atoms with Gasteiger partial charge in [0.1, 0.15) is 12.2 Å². The maximum atomic E-state index is 8.70. The van der Waals surface area contributed by atoms with Crippen LogP contribution in [0.5, 0.6) is 0 Å². The highest BCUT2D eigenvalue weighted by atomic mass is 15.3. The van der Waals surface area contributed by atoms with Crippen LogP contribution in [0.3, 0.4) is 0 Å². The maximum Gasteiger partial charge on any atom is 0.137 e. The molecule has 0 aliphatic rings. The largest absolute Gasteiger partial charge is 0.306 e. The zero-order chi connectivity index (χ0) is 15.6. The molecule has 0 amide bonds. The van der Waals surface area contributed by atoms with Crippen LogP contribution in [0.15, 0.2) is 67.1 Å². The van der Waals surface area contributed by atoms with Crippen LogP contribution in [-0.4, -0.2) is 19.2 Å². The molecule has 0 saturated carbocycles. The molecule has 5 heteroatoms.